The first kappa shape index (κ1) is 19.0. The van der Waals surface area contributed by atoms with Crippen LogP contribution >= 0.6 is 11.3 Å². The van der Waals surface area contributed by atoms with E-state index in [2.05, 4.69) is 41.3 Å². The number of amides is 1. The fourth-order valence-electron chi connectivity index (χ4n) is 3.13. The molecule has 2 aromatic heterocycles. The molecule has 0 atom stereocenters. The molecule has 146 valence electrons. The van der Waals surface area contributed by atoms with Crippen molar-refractivity contribution in [2.45, 2.75) is 27.3 Å². The van der Waals surface area contributed by atoms with Crippen molar-refractivity contribution < 1.29 is 4.79 Å². The number of hydrogen-bond acceptors (Lipinski definition) is 5. The second kappa shape index (κ2) is 7.60. The number of carbonyl (C=O) groups excluding carboxylic acids is 1. The van der Waals surface area contributed by atoms with Crippen LogP contribution in [0.1, 0.15) is 16.7 Å². The number of anilines is 1. The van der Waals surface area contributed by atoms with Gasteiger partial charge in [0.2, 0.25) is 5.91 Å². The second-order valence-electron chi connectivity index (χ2n) is 7.03. The van der Waals surface area contributed by atoms with Gasteiger partial charge in [-0.05, 0) is 49.6 Å². The summed E-state index contributed by atoms with van der Waals surface area (Å²) >= 11 is 1.36. The fraction of sp³-hybridized carbons (Fsp3) is 0.182. The molecule has 1 N–H and O–H groups in total. The summed E-state index contributed by atoms with van der Waals surface area (Å²) in [6.07, 6.45) is 1.42. The molecule has 4 rings (SSSR count). The number of nitrogens with one attached hydrogen (secondary N) is 1. The van der Waals surface area contributed by atoms with Gasteiger partial charge in [-0.2, -0.15) is 0 Å². The van der Waals surface area contributed by atoms with Crippen LogP contribution in [-0.2, 0) is 11.3 Å². The Labute approximate surface area is 171 Å². The topological polar surface area (TPSA) is 76.9 Å². The first-order chi connectivity index (χ1) is 13.9. The summed E-state index contributed by atoms with van der Waals surface area (Å²) in [4.78, 5) is 33.9. The lowest BCUT2D eigenvalue weighted by atomic mass is 10.1. The molecule has 0 aliphatic heterocycles. The largest absolute Gasteiger partial charge is 0.300 e. The van der Waals surface area contributed by atoms with Gasteiger partial charge in [0.25, 0.3) is 5.56 Å². The number of rotatable bonds is 4. The van der Waals surface area contributed by atoms with Crippen molar-refractivity contribution in [1.82, 2.24) is 14.5 Å². The average molecular weight is 404 g/mol. The molecule has 2 heterocycles. The van der Waals surface area contributed by atoms with Crippen molar-refractivity contribution in [1.29, 1.82) is 0 Å². The monoisotopic (exact) mass is 404 g/mol. The van der Waals surface area contributed by atoms with Crippen LogP contribution in [0.25, 0.3) is 22.2 Å². The molecule has 0 saturated carbocycles. The van der Waals surface area contributed by atoms with Gasteiger partial charge < -0.3 is 5.32 Å². The lowest BCUT2D eigenvalue weighted by molar-refractivity contribution is -0.116. The van der Waals surface area contributed by atoms with Gasteiger partial charge in [-0.3, -0.25) is 14.2 Å². The molecule has 6 nitrogen and oxygen atoms in total. The molecule has 0 spiro atoms. The smallest absolute Gasteiger partial charge is 0.261 e. The predicted octanol–water partition coefficient (Wildman–Crippen LogP) is 4.08. The average Bonchev–Trinajstić information content (AvgIpc) is 3.15. The van der Waals surface area contributed by atoms with E-state index >= 15 is 0 Å². The number of benzene rings is 2. The summed E-state index contributed by atoms with van der Waals surface area (Å²) in [7, 11) is 0. The molecule has 29 heavy (non-hydrogen) atoms. The molecule has 0 radical (unpaired) electrons. The third-order valence-electron chi connectivity index (χ3n) is 4.92. The Morgan fingerprint density at radius 1 is 1.10 bits per heavy atom. The highest BCUT2D eigenvalue weighted by Gasteiger charge is 2.12. The number of hydrogen-bond donors (Lipinski definition) is 1. The molecule has 0 aliphatic rings. The zero-order chi connectivity index (χ0) is 20.5. The Kier molecular flexibility index (Phi) is 4.98. The zero-order valence-electron chi connectivity index (χ0n) is 16.4. The van der Waals surface area contributed by atoms with Gasteiger partial charge in [-0.15, -0.1) is 11.3 Å². The number of aromatic nitrogens is 3. The number of aryl methyl sites for hydroxylation is 3. The van der Waals surface area contributed by atoms with E-state index in [9.17, 15) is 9.59 Å². The zero-order valence-corrected chi connectivity index (χ0v) is 17.2. The van der Waals surface area contributed by atoms with E-state index in [1.165, 1.54) is 33.4 Å². The molecule has 2 aromatic carbocycles. The normalized spacial score (nSPS) is 11.0. The van der Waals surface area contributed by atoms with Crippen LogP contribution in [-0.4, -0.2) is 20.4 Å². The Morgan fingerprint density at radius 3 is 2.72 bits per heavy atom. The van der Waals surface area contributed by atoms with Crippen molar-refractivity contribution in [3.8, 4) is 11.3 Å². The molecule has 0 saturated heterocycles. The van der Waals surface area contributed by atoms with E-state index < -0.39 is 0 Å². The van der Waals surface area contributed by atoms with Crippen LogP contribution in [0.4, 0.5) is 5.13 Å². The van der Waals surface area contributed by atoms with Gasteiger partial charge in [0.1, 0.15) is 6.54 Å². The molecular formula is C22H20N4O2S. The maximum absolute atomic E-state index is 12.6. The SMILES string of the molecule is Cc1ccc(-c2csc(NC(=O)Cn3cnc4c(C)cccc4c3=O)n2)cc1C. The van der Waals surface area contributed by atoms with Crippen LogP contribution in [0.15, 0.2) is 52.9 Å². The summed E-state index contributed by atoms with van der Waals surface area (Å²) in [5, 5.41) is 5.69. The summed E-state index contributed by atoms with van der Waals surface area (Å²) in [6.45, 7) is 5.91. The van der Waals surface area contributed by atoms with Crippen molar-refractivity contribution in [3.05, 3.63) is 75.1 Å². The molecule has 4 aromatic rings. The molecule has 0 aliphatic carbocycles. The summed E-state index contributed by atoms with van der Waals surface area (Å²) in [5.74, 6) is -0.318. The van der Waals surface area contributed by atoms with Gasteiger partial charge >= 0.3 is 0 Å². The van der Waals surface area contributed by atoms with E-state index in [1.807, 2.05) is 30.5 Å². The van der Waals surface area contributed by atoms with E-state index in [4.69, 9.17) is 0 Å². The highest BCUT2D eigenvalue weighted by atomic mass is 32.1. The number of carbonyl (C=O) groups is 1. The highest BCUT2D eigenvalue weighted by molar-refractivity contribution is 7.14. The second-order valence-corrected chi connectivity index (χ2v) is 7.89. The quantitative estimate of drug-likeness (QED) is 0.556. The van der Waals surface area contributed by atoms with Crippen molar-refractivity contribution in [2.75, 3.05) is 5.32 Å². The fourth-order valence-corrected chi connectivity index (χ4v) is 3.86. The van der Waals surface area contributed by atoms with E-state index in [0.717, 1.165) is 16.8 Å². The Morgan fingerprint density at radius 2 is 1.93 bits per heavy atom. The predicted molar refractivity (Wildman–Crippen MR) is 116 cm³/mol. The maximum Gasteiger partial charge on any atom is 0.261 e. The van der Waals surface area contributed by atoms with Crippen molar-refractivity contribution >= 4 is 33.3 Å². The molecule has 7 heteroatoms. The molecular weight excluding hydrogens is 384 g/mol. The molecule has 0 bridgehead atoms. The number of para-hydroxylation sites is 1. The van der Waals surface area contributed by atoms with E-state index in [1.54, 1.807) is 6.07 Å². The molecule has 0 fully saturated rings. The highest BCUT2D eigenvalue weighted by Crippen LogP contribution is 2.26. The van der Waals surface area contributed by atoms with Crippen LogP contribution in [0.5, 0.6) is 0 Å². The van der Waals surface area contributed by atoms with E-state index in [-0.39, 0.29) is 18.0 Å². The summed E-state index contributed by atoms with van der Waals surface area (Å²) < 4.78 is 1.31. The Hall–Kier alpha value is -3.32. The molecule has 1 amide bonds. The number of nitrogens with zero attached hydrogens (tertiary/aromatic N) is 3. The minimum Gasteiger partial charge on any atom is -0.300 e. The third kappa shape index (κ3) is 3.82. The van der Waals surface area contributed by atoms with E-state index in [0.29, 0.717) is 16.0 Å². The lowest BCUT2D eigenvalue weighted by Crippen LogP contribution is -2.28. The van der Waals surface area contributed by atoms with Crippen LogP contribution < -0.4 is 10.9 Å². The number of fused-ring (bicyclic) bond motifs is 1. The summed E-state index contributed by atoms with van der Waals surface area (Å²) in [5.41, 5.74) is 5.60. The third-order valence-corrected chi connectivity index (χ3v) is 5.68. The Balaban J connectivity index is 1.51. The minimum atomic E-state index is -0.318. The van der Waals surface area contributed by atoms with Crippen LogP contribution in [0.3, 0.4) is 0 Å². The van der Waals surface area contributed by atoms with Crippen molar-refractivity contribution in [3.63, 3.8) is 0 Å². The first-order valence-electron chi connectivity index (χ1n) is 9.20. The van der Waals surface area contributed by atoms with Gasteiger partial charge in [-0.1, -0.05) is 24.3 Å². The maximum atomic E-state index is 12.6. The molecule has 0 unspecified atom stereocenters. The summed E-state index contributed by atoms with van der Waals surface area (Å²) in [6, 6.07) is 11.6. The first-order valence-corrected chi connectivity index (χ1v) is 10.1. The van der Waals surface area contributed by atoms with Gasteiger partial charge in [0.15, 0.2) is 5.13 Å². The lowest BCUT2D eigenvalue weighted by Gasteiger charge is -2.07. The van der Waals surface area contributed by atoms with Gasteiger partial charge in [-0.25, -0.2) is 9.97 Å². The minimum absolute atomic E-state index is 0.117. The standard InChI is InChI=1S/C22H20N4O2S/c1-13-7-8-16(9-15(13)3)18-11-29-22(24-18)25-19(27)10-26-12-23-20-14(2)5-4-6-17(20)21(26)28/h4-9,11-12H,10H2,1-3H3,(H,24,25,27). The van der Waals surface area contributed by atoms with Gasteiger partial charge in [0.05, 0.1) is 22.9 Å². The van der Waals surface area contributed by atoms with Crippen LogP contribution in [0.2, 0.25) is 0 Å². The van der Waals surface area contributed by atoms with Gasteiger partial charge in [0, 0.05) is 10.9 Å². The number of thiazole rings is 1. The van der Waals surface area contributed by atoms with Crippen LogP contribution in [0, 0.1) is 20.8 Å². The van der Waals surface area contributed by atoms with Crippen molar-refractivity contribution in [2.24, 2.45) is 0 Å². The Bertz CT molecular complexity index is 1290.